The fraction of sp³-hybridized carbons (Fsp3) is 0.750. The minimum Gasteiger partial charge on any atom is -0.315 e. The molecule has 1 aromatic rings. The van der Waals surface area contributed by atoms with E-state index in [1.165, 1.54) is 11.3 Å². The van der Waals surface area contributed by atoms with Gasteiger partial charge in [-0.3, -0.25) is 4.72 Å². The third kappa shape index (κ3) is 5.08. The van der Waals surface area contributed by atoms with Crippen LogP contribution in [0.25, 0.3) is 0 Å². The van der Waals surface area contributed by atoms with E-state index in [0.29, 0.717) is 17.6 Å². The average molecular weight is 305 g/mol. The first kappa shape index (κ1) is 16.4. The smallest absolute Gasteiger partial charge is 0.238 e. The van der Waals surface area contributed by atoms with Gasteiger partial charge in [0.1, 0.15) is 0 Å². The maximum Gasteiger partial charge on any atom is 0.238 e. The van der Waals surface area contributed by atoms with Crippen LogP contribution in [0.1, 0.15) is 45.7 Å². The molecular weight excluding hydrogens is 282 g/mol. The maximum atomic E-state index is 12.1. The molecule has 0 bridgehead atoms. The standard InChI is InChI=1S/C12H23N3O2S2/c1-5-6-13-7-10(4)19(16,17)15-12-14-11(8-18-12)9(2)3/h8-10,13H,5-7H2,1-4H3,(H,14,15). The molecular formula is C12H23N3O2S2. The van der Waals surface area contributed by atoms with Gasteiger partial charge >= 0.3 is 0 Å². The number of rotatable bonds is 8. The van der Waals surface area contributed by atoms with Crippen molar-refractivity contribution in [3.63, 3.8) is 0 Å². The highest BCUT2D eigenvalue weighted by molar-refractivity contribution is 7.93. The van der Waals surface area contributed by atoms with E-state index in [1.54, 1.807) is 6.92 Å². The van der Waals surface area contributed by atoms with Crippen LogP contribution < -0.4 is 10.0 Å². The van der Waals surface area contributed by atoms with Gasteiger partial charge in [0.25, 0.3) is 0 Å². The molecule has 5 nitrogen and oxygen atoms in total. The van der Waals surface area contributed by atoms with Crippen LogP contribution >= 0.6 is 11.3 Å². The van der Waals surface area contributed by atoms with Gasteiger partial charge in [-0.2, -0.15) is 0 Å². The Kier molecular flexibility index (Phi) is 6.22. The molecule has 0 aliphatic heterocycles. The van der Waals surface area contributed by atoms with Crippen molar-refractivity contribution in [1.29, 1.82) is 0 Å². The van der Waals surface area contributed by atoms with Crippen molar-refractivity contribution in [2.24, 2.45) is 0 Å². The monoisotopic (exact) mass is 305 g/mol. The third-order valence-corrected chi connectivity index (χ3v) is 5.34. The minimum atomic E-state index is -3.37. The molecule has 0 saturated carbocycles. The van der Waals surface area contributed by atoms with Gasteiger partial charge in [0.15, 0.2) is 5.13 Å². The van der Waals surface area contributed by atoms with Gasteiger partial charge in [-0.1, -0.05) is 20.8 Å². The Morgan fingerprint density at radius 2 is 2.05 bits per heavy atom. The van der Waals surface area contributed by atoms with Crippen LogP contribution in [-0.4, -0.2) is 31.7 Å². The number of sulfonamides is 1. The van der Waals surface area contributed by atoms with E-state index in [-0.39, 0.29) is 0 Å². The molecule has 0 radical (unpaired) electrons. The highest BCUT2D eigenvalue weighted by Crippen LogP contribution is 2.22. The van der Waals surface area contributed by atoms with Crippen LogP contribution in [0.5, 0.6) is 0 Å². The highest BCUT2D eigenvalue weighted by Gasteiger charge is 2.21. The highest BCUT2D eigenvalue weighted by atomic mass is 32.2. The topological polar surface area (TPSA) is 71.1 Å². The third-order valence-electron chi connectivity index (χ3n) is 2.73. The lowest BCUT2D eigenvalue weighted by molar-refractivity contribution is 0.575. The van der Waals surface area contributed by atoms with Crippen LogP contribution in [0.2, 0.25) is 0 Å². The van der Waals surface area contributed by atoms with Crippen molar-refractivity contribution in [1.82, 2.24) is 10.3 Å². The summed E-state index contributed by atoms with van der Waals surface area (Å²) in [7, 11) is -3.37. The van der Waals surface area contributed by atoms with E-state index in [0.717, 1.165) is 18.7 Å². The van der Waals surface area contributed by atoms with E-state index >= 15 is 0 Å². The summed E-state index contributed by atoms with van der Waals surface area (Å²) >= 11 is 1.33. The van der Waals surface area contributed by atoms with Gasteiger partial charge in [0.05, 0.1) is 10.9 Å². The number of hydrogen-bond donors (Lipinski definition) is 2. The van der Waals surface area contributed by atoms with Gasteiger partial charge < -0.3 is 5.32 Å². The first-order chi connectivity index (χ1) is 8.86. The van der Waals surface area contributed by atoms with Gasteiger partial charge in [-0.15, -0.1) is 11.3 Å². The number of nitrogens with one attached hydrogen (secondary N) is 2. The number of thiazole rings is 1. The zero-order valence-corrected chi connectivity index (χ0v) is 13.6. The molecule has 7 heteroatoms. The SMILES string of the molecule is CCCNCC(C)S(=O)(=O)Nc1nc(C(C)C)cs1. The van der Waals surface area contributed by atoms with Crippen LogP contribution in [-0.2, 0) is 10.0 Å². The zero-order valence-electron chi connectivity index (χ0n) is 11.9. The van der Waals surface area contributed by atoms with Gasteiger partial charge in [-0.25, -0.2) is 13.4 Å². The molecule has 0 aromatic carbocycles. The number of anilines is 1. The van der Waals surface area contributed by atoms with Crippen molar-refractivity contribution < 1.29 is 8.42 Å². The van der Waals surface area contributed by atoms with E-state index in [4.69, 9.17) is 0 Å². The summed E-state index contributed by atoms with van der Waals surface area (Å²) in [6.07, 6.45) is 0.991. The van der Waals surface area contributed by atoms with E-state index in [1.807, 2.05) is 26.2 Å². The number of nitrogens with zero attached hydrogens (tertiary/aromatic N) is 1. The number of aromatic nitrogens is 1. The first-order valence-electron chi connectivity index (χ1n) is 6.54. The summed E-state index contributed by atoms with van der Waals surface area (Å²) in [5.41, 5.74) is 0.916. The molecule has 0 aliphatic carbocycles. The fourth-order valence-electron chi connectivity index (χ4n) is 1.41. The van der Waals surface area contributed by atoms with E-state index < -0.39 is 15.3 Å². The molecule has 0 fully saturated rings. The van der Waals surface area contributed by atoms with Crippen molar-refractivity contribution in [2.45, 2.75) is 45.3 Å². The van der Waals surface area contributed by atoms with Crippen LogP contribution in [0, 0.1) is 0 Å². The van der Waals surface area contributed by atoms with Gasteiger partial charge in [0, 0.05) is 11.9 Å². The molecule has 1 aromatic heterocycles. The summed E-state index contributed by atoms with van der Waals surface area (Å²) in [6.45, 7) is 9.09. The maximum absolute atomic E-state index is 12.1. The second-order valence-corrected chi connectivity index (χ2v) is 7.85. The second-order valence-electron chi connectivity index (χ2n) is 4.89. The fourth-order valence-corrected chi connectivity index (χ4v) is 3.50. The molecule has 1 unspecified atom stereocenters. The van der Waals surface area contributed by atoms with Crippen LogP contribution in [0.3, 0.4) is 0 Å². The lowest BCUT2D eigenvalue weighted by Crippen LogP contribution is -2.35. The molecule has 2 N–H and O–H groups in total. The molecule has 0 saturated heterocycles. The summed E-state index contributed by atoms with van der Waals surface area (Å²) in [5, 5.41) is 4.97. The van der Waals surface area contributed by atoms with Crippen molar-refractivity contribution >= 4 is 26.5 Å². The quantitative estimate of drug-likeness (QED) is 0.724. The Hall–Kier alpha value is -0.660. The van der Waals surface area contributed by atoms with Crippen molar-refractivity contribution in [2.75, 3.05) is 17.8 Å². The normalized spacial score (nSPS) is 13.7. The average Bonchev–Trinajstić information content (AvgIpc) is 2.77. The molecule has 0 aliphatic rings. The van der Waals surface area contributed by atoms with E-state index in [2.05, 4.69) is 15.0 Å². The van der Waals surface area contributed by atoms with E-state index in [9.17, 15) is 8.42 Å². The van der Waals surface area contributed by atoms with Gasteiger partial charge in [-0.05, 0) is 25.8 Å². The molecule has 1 rings (SSSR count). The molecule has 1 heterocycles. The largest absolute Gasteiger partial charge is 0.315 e. The first-order valence-corrected chi connectivity index (χ1v) is 8.97. The Labute approximate surface area is 119 Å². The van der Waals surface area contributed by atoms with Crippen molar-refractivity contribution in [3.05, 3.63) is 11.1 Å². The molecule has 19 heavy (non-hydrogen) atoms. The Balaban J connectivity index is 2.62. The van der Waals surface area contributed by atoms with Crippen LogP contribution in [0.4, 0.5) is 5.13 Å². The van der Waals surface area contributed by atoms with Crippen molar-refractivity contribution in [3.8, 4) is 0 Å². The molecule has 110 valence electrons. The Morgan fingerprint density at radius 1 is 1.37 bits per heavy atom. The van der Waals surface area contributed by atoms with Gasteiger partial charge in [0.2, 0.25) is 10.0 Å². The summed E-state index contributed by atoms with van der Waals surface area (Å²) in [6, 6.07) is 0. The predicted octanol–water partition coefficient (Wildman–Crippen LogP) is 2.40. The lowest BCUT2D eigenvalue weighted by atomic mass is 10.2. The second kappa shape index (κ2) is 7.21. The Morgan fingerprint density at radius 3 is 2.58 bits per heavy atom. The summed E-state index contributed by atoms with van der Waals surface area (Å²) in [4.78, 5) is 4.28. The molecule has 0 amide bonds. The molecule has 1 atom stereocenters. The zero-order chi connectivity index (χ0) is 14.5. The summed E-state index contributed by atoms with van der Waals surface area (Å²) < 4.78 is 26.7. The summed E-state index contributed by atoms with van der Waals surface area (Å²) in [5.74, 6) is 0.304. The number of hydrogen-bond acceptors (Lipinski definition) is 5. The van der Waals surface area contributed by atoms with Crippen LogP contribution in [0.15, 0.2) is 5.38 Å². The predicted molar refractivity (Wildman–Crippen MR) is 81.4 cm³/mol. The lowest BCUT2D eigenvalue weighted by Gasteiger charge is -2.13. The Bertz CT molecular complexity index is 483. The minimum absolute atomic E-state index is 0.304. The molecule has 0 spiro atoms.